The molecule has 6 heteroatoms. The molecule has 2 aromatic rings. The minimum atomic E-state index is -0.751. The van der Waals surface area contributed by atoms with Crippen LogP contribution in [0, 0.1) is 0 Å². The van der Waals surface area contributed by atoms with Crippen LogP contribution in [0.5, 0.6) is 0 Å². The molecule has 3 rings (SSSR count). The third-order valence-electron chi connectivity index (χ3n) is 4.19. The Balaban J connectivity index is 1.99. The minimum Gasteiger partial charge on any atom is -0.357 e. The number of amides is 1. The second kappa shape index (κ2) is 6.19. The Hall–Kier alpha value is -2.34. The number of nitrogens with one attached hydrogen (secondary N) is 1. The van der Waals surface area contributed by atoms with Gasteiger partial charge in [0.25, 0.3) is 0 Å². The van der Waals surface area contributed by atoms with Gasteiger partial charge in [0.1, 0.15) is 5.54 Å². The number of pyridine rings is 1. The third kappa shape index (κ3) is 2.46. The molecule has 0 aromatic carbocycles. The van der Waals surface area contributed by atoms with E-state index in [4.69, 9.17) is 0 Å². The highest BCUT2D eigenvalue weighted by atomic mass is 16.2. The van der Waals surface area contributed by atoms with E-state index >= 15 is 0 Å². The van der Waals surface area contributed by atoms with Gasteiger partial charge in [-0.25, -0.2) is 0 Å². The molecule has 1 aliphatic heterocycles. The highest BCUT2D eigenvalue weighted by Crippen LogP contribution is 2.38. The molecule has 1 unspecified atom stereocenters. The lowest BCUT2D eigenvalue weighted by Gasteiger charge is -2.36. The van der Waals surface area contributed by atoms with Gasteiger partial charge in [-0.2, -0.15) is 0 Å². The zero-order valence-corrected chi connectivity index (χ0v) is 12.6. The summed E-state index contributed by atoms with van der Waals surface area (Å²) < 4.78 is 0. The molecule has 0 spiro atoms. The quantitative estimate of drug-likeness (QED) is 0.915. The van der Waals surface area contributed by atoms with Crippen LogP contribution < -0.4 is 5.32 Å². The highest BCUT2D eigenvalue weighted by Gasteiger charge is 2.49. The summed E-state index contributed by atoms with van der Waals surface area (Å²) in [4.78, 5) is 27.6. The second-order valence-corrected chi connectivity index (χ2v) is 5.42. The first kappa shape index (κ1) is 14.6. The molecule has 0 bridgehead atoms. The Labute approximate surface area is 129 Å². The van der Waals surface area contributed by atoms with Crippen molar-refractivity contribution in [1.82, 2.24) is 25.2 Å². The predicted molar refractivity (Wildman–Crippen MR) is 81.7 cm³/mol. The van der Waals surface area contributed by atoms with Gasteiger partial charge < -0.3 is 5.32 Å². The smallest absolute Gasteiger partial charge is 0.246 e. The molecule has 114 valence electrons. The Morgan fingerprint density at radius 3 is 2.86 bits per heavy atom. The molecule has 0 aliphatic carbocycles. The molecule has 3 heterocycles. The molecule has 1 amide bonds. The number of carbonyl (C=O) groups is 1. The van der Waals surface area contributed by atoms with Crippen LogP contribution in [-0.4, -0.2) is 39.4 Å². The standard InChI is InChI=1S/C16H19N5O/c1-17-15(22)16(14-11-19-7-8-20-14)5-3-9-21(16)12-13-4-2-6-18-10-13/h2,4,6-8,10-11H,3,5,9,12H2,1H3,(H,17,22). The zero-order chi connectivity index (χ0) is 15.4. The number of likely N-dealkylation sites (N-methyl/N-ethyl adjacent to an activating group) is 1. The lowest BCUT2D eigenvalue weighted by Crippen LogP contribution is -2.52. The van der Waals surface area contributed by atoms with E-state index in [1.165, 1.54) is 0 Å². The number of nitrogens with zero attached hydrogens (tertiary/aromatic N) is 4. The van der Waals surface area contributed by atoms with E-state index in [0.29, 0.717) is 12.2 Å². The Morgan fingerprint density at radius 2 is 2.18 bits per heavy atom. The van der Waals surface area contributed by atoms with Crippen molar-refractivity contribution in [1.29, 1.82) is 0 Å². The Morgan fingerprint density at radius 1 is 1.32 bits per heavy atom. The van der Waals surface area contributed by atoms with Crippen LogP contribution in [0.25, 0.3) is 0 Å². The SMILES string of the molecule is CNC(=O)C1(c2cnccn2)CCCN1Cc1cccnc1. The van der Waals surface area contributed by atoms with E-state index in [9.17, 15) is 4.79 Å². The van der Waals surface area contributed by atoms with E-state index < -0.39 is 5.54 Å². The molecule has 1 aliphatic rings. The molecular weight excluding hydrogens is 278 g/mol. The van der Waals surface area contributed by atoms with E-state index in [-0.39, 0.29) is 5.91 Å². The first-order chi connectivity index (χ1) is 10.8. The summed E-state index contributed by atoms with van der Waals surface area (Å²) in [5.74, 6) is -0.0330. The molecule has 6 nitrogen and oxygen atoms in total. The first-order valence-electron chi connectivity index (χ1n) is 7.40. The summed E-state index contributed by atoms with van der Waals surface area (Å²) in [7, 11) is 1.67. The topological polar surface area (TPSA) is 71.0 Å². The van der Waals surface area contributed by atoms with Crippen LogP contribution in [-0.2, 0) is 16.9 Å². The van der Waals surface area contributed by atoms with Crippen LogP contribution in [0.4, 0.5) is 0 Å². The van der Waals surface area contributed by atoms with Crippen molar-refractivity contribution in [2.45, 2.75) is 24.9 Å². The average Bonchev–Trinajstić information content (AvgIpc) is 3.00. The molecule has 22 heavy (non-hydrogen) atoms. The highest BCUT2D eigenvalue weighted by molar-refractivity contribution is 5.87. The second-order valence-electron chi connectivity index (χ2n) is 5.42. The third-order valence-corrected chi connectivity index (χ3v) is 4.19. The molecule has 1 N–H and O–H groups in total. The summed E-state index contributed by atoms with van der Waals surface area (Å²) in [6.07, 6.45) is 10.2. The van der Waals surface area contributed by atoms with Gasteiger partial charge in [-0.15, -0.1) is 0 Å². The number of hydrogen-bond donors (Lipinski definition) is 1. The van der Waals surface area contributed by atoms with Crippen molar-refractivity contribution in [2.75, 3.05) is 13.6 Å². The van der Waals surface area contributed by atoms with Gasteiger partial charge in [-0.05, 0) is 31.0 Å². The maximum absolute atomic E-state index is 12.7. The lowest BCUT2D eigenvalue weighted by molar-refractivity contribution is -0.132. The fourth-order valence-corrected chi connectivity index (χ4v) is 3.18. The lowest BCUT2D eigenvalue weighted by atomic mass is 9.90. The van der Waals surface area contributed by atoms with Gasteiger partial charge >= 0.3 is 0 Å². The van der Waals surface area contributed by atoms with Gasteiger partial charge in [0, 0.05) is 38.4 Å². The average molecular weight is 297 g/mol. The zero-order valence-electron chi connectivity index (χ0n) is 12.6. The van der Waals surface area contributed by atoms with Crippen LogP contribution in [0.15, 0.2) is 43.1 Å². The monoisotopic (exact) mass is 297 g/mol. The van der Waals surface area contributed by atoms with Crippen molar-refractivity contribution in [3.05, 3.63) is 54.4 Å². The summed E-state index contributed by atoms with van der Waals surface area (Å²) in [6.45, 7) is 1.51. The van der Waals surface area contributed by atoms with Crippen molar-refractivity contribution >= 4 is 5.91 Å². The van der Waals surface area contributed by atoms with E-state index in [1.54, 1.807) is 31.8 Å². The van der Waals surface area contributed by atoms with E-state index in [1.807, 2.05) is 18.3 Å². The molecule has 1 fully saturated rings. The largest absolute Gasteiger partial charge is 0.357 e. The van der Waals surface area contributed by atoms with Crippen LogP contribution in [0.3, 0.4) is 0 Å². The van der Waals surface area contributed by atoms with Crippen LogP contribution in [0.1, 0.15) is 24.1 Å². The van der Waals surface area contributed by atoms with Crippen molar-refractivity contribution in [2.24, 2.45) is 0 Å². The van der Waals surface area contributed by atoms with Crippen molar-refractivity contribution in [3.63, 3.8) is 0 Å². The Kier molecular flexibility index (Phi) is 4.11. The Bertz CT molecular complexity index is 633. The van der Waals surface area contributed by atoms with Gasteiger partial charge in [-0.3, -0.25) is 24.6 Å². The number of aromatic nitrogens is 3. The summed E-state index contributed by atoms with van der Waals surface area (Å²) in [5, 5.41) is 2.80. The molecule has 0 saturated carbocycles. The van der Waals surface area contributed by atoms with Crippen LogP contribution >= 0.6 is 0 Å². The molecule has 2 aromatic heterocycles. The van der Waals surface area contributed by atoms with Gasteiger partial charge in [0.2, 0.25) is 5.91 Å². The molecular formula is C16H19N5O. The van der Waals surface area contributed by atoms with Gasteiger partial charge in [-0.1, -0.05) is 6.07 Å². The molecule has 1 saturated heterocycles. The first-order valence-corrected chi connectivity index (χ1v) is 7.40. The van der Waals surface area contributed by atoms with Crippen molar-refractivity contribution < 1.29 is 4.79 Å². The molecule has 1 atom stereocenters. The van der Waals surface area contributed by atoms with Crippen LogP contribution in [0.2, 0.25) is 0 Å². The number of hydrogen-bond acceptors (Lipinski definition) is 5. The minimum absolute atomic E-state index is 0.0330. The van der Waals surface area contributed by atoms with Crippen molar-refractivity contribution in [3.8, 4) is 0 Å². The fraction of sp³-hybridized carbons (Fsp3) is 0.375. The number of rotatable bonds is 4. The number of likely N-dealkylation sites (tertiary alicyclic amines) is 1. The van der Waals surface area contributed by atoms with Gasteiger partial charge in [0.15, 0.2) is 0 Å². The summed E-state index contributed by atoms with van der Waals surface area (Å²) >= 11 is 0. The summed E-state index contributed by atoms with van der Waals surface area (Å²) in [5.41, 5.74) is 1.04. The maximum atomic E-state index is 12.7. The fourth-order valence-electron chi connectivity index (χ4n) is 3.18. The normalized spacial score (nSPS) is 21.7. The van der Waals surface area contributed by atoms with E-state index in [0.717, 1.165) is 24.9 Å². The predicted octanol–water partition coefficient (Wildman–Crippen LogP) is 1.11. The maximum Gasteiger partial charge on any atom is 0.246 e. The van der Waals surface area contributed by atoms with Gasteiger partial charge in [0.05, 0.1) is 11.9 Å². The summed E-state index contributed by atoms with van der Waals surface area (Å²) in [6, 6.07) is 3.94. The number of carbonyl (C=O) groups excluding carboxylic acids is 1. The van der Waals surface area contributed by atoms with E-state index in [2.05, 4.69) is 25.2 Å². The molecule has 0 radical (unpaired) electrons.